The summed E-state index contributed by atoms with van der Waals surface area (Å²) in [6.45, 7) is 0. The van der Waals surface area contributed by atoms with Gasteiger partial charge in [-0.1, -0.05) is 0 Å². The van der Waals surface area contributed by atoms with E-state index in [1.54, 1.807) is 0 Å². The average molecular weight is 318 g/mol. The number of rotatable bonds is 5. The van der Waals surface area contributed by atoms with Crippen molar-refractivity contribution in [2.24, 2.45) is 0 Å². The fourth-order valence-corrected chi connectivity index (χ4v) is 1.87. The Bertz CT molecular complexity index is 763. The fraction of sp³-hybridized carbons (Fsp3) is 0.143. The second-order valence-electron chi connectivity index (χ2n) is 4.30. The van der Waals surface area contributed by atoms with Crippen LogP contribution < -0.4 is 20.5 Å². The first-order valence-electron chi connectivity index (χ1n) is 6.35. The van der Waals surface area contributed by atoms with Crippen LogP contribution in [0.3, 0.4) is 0 Å². The van der Waals surface area contributed by atoms with Crippen molar-refractivity contribution in [2.75, 3.05) is 25.3 Å². The summed E-state index contributed by atoms with van der Waals surface area (Å²) < 4.78 is 9.93. The van der Waals surface area contributed by atoms with E-state index < -0.39 is 11.9 Å². The first-order chi connectivity index (χ1) is 11.0. The van der Waals surface area contributed by atoms with E-state index >= 15 is 0 Å². The summed E-state index contributed by atoms with van der Waals surface area (Å²) in [4.78, 5) is 31.4. The summed E-state index contributed by atoms with van der Waals surface area (Å²) in [6, 6.07) is 2.66. The Morgan fingerprint density at radius 1 is 1.26 bits per heavy atom. The van der Waals surface area contributed by atoms with Crippen molar-refractivity contribution < 1.29 is 24.2 Å². The van der Waals surface area contributed by atoms with Crippen LogP contribution in [0.2, 0.25) is 0 Å². The number of nitrogens with zero attached hydrogens (tertiary/aromatic N) is 2. The SMILES string of the molecule is COc1cc(C(=O)O)c(NC(=O)c2c(OC)ccnc2N)cn1. The van der Waals surface area contributed by atoms with Crippen LogP contribution in [0.5, 0.6) is 11.6 Å². The van der Waals surface area contributed by atoms with Crippen LogP contribution in [0.25, 0.3) is 0 Å². The smallest absolute Gasteiger partial charge is 0.338 e. The lowest BCUT2D eigenvalue weighted by Gasteiger charge is -2.12. The van der Waals surface area contributed by atoms with Gasteiger partial charge in [0.2, 0.25) is 5.88 Å². The molecule has 0 unspecified atom stereocenters. The Balaban J connectivity index is 2.40. The molecular formula is C14H14N4O5. The number of aromatic carboxylic acids is 1. The van der Waals surface area contributed by atoms with Crippen LogP contribution in [0.15, 0.2) is 24.5 Å². The quantitative estimate of drug-likeness (QED) is 0.743. The number of carbonyl (C=O) groups excluding carboxylic acids is 1. The molecule has 2 heterocycles. The number of aromatic nitrogens is 2. The van der Waals surface area contributed by atoms with E-state index in [1.807, 2.05) is 0 Å². The van der Waals surface area contributed by atoms with Crippen LogP contribution in [-0.4, -0.2) is 41.2 Å². The number of methoxy groups -OCH3 is 2. The third kappa shape index (κ3) is 3.28. The second kappa shape index (κ2) is 6.60. The molecule has 0 aliphatic rings. The van der Waals surface area contributed by atoms with Crippen LogP contribution >= 0.6 is 0 Å². The molecular weight excluding hydrogens is 304 g/mol. The zero-order valence-electron chi connectivity index (χ0n) is 12.4. The Morgan fingerprint density at radius 3 is 2.61 bits per heavy atom. The number of carboxylic acids is 1. The first-order valence-corrected chi connectivity index (χ1v) is 6.35. The van der Waals surface area contributed by atoms with E-state index in [0.29, 0.717) is 0 Å². The highest BCUT2D eigenvalue weighted by Gasteiger charge is 2.20. The van der Waals surface area contributed by atoms with E-state index in [-0.39, 0.29) is 34.3 Å². The molecule has 23 heavy (non-hydrogen) atoms. The molecule has 0 fully saturated rings. The maximum Gasteiger partial charge on any atom is 0.338 e. The predicted octanol–water partition coefficient (Wildman–Crippen LogP) is 1.03. The Kier molecular flexibility index (Phi) is 4.60. The van der Waals surface area contributed by atoms with Gasteiger partial charge in [0.05, 0.1) is 31.7 Å². The van der Waals surface area contributed by atoms with Gasteiger partial charge in [0.1, 0.15) is 17.1 Å². The highest BCUT2D eigenvalue weighted by atomic mass is 16.5. The van der Waals surface area contributed by atoms with Gasteiger partial charge in [-0.15, -0.1) is 0 Å². The minimum absolute atomic E-state index is 0.00200. The molecule has 120 valence electrons. The lowest BCUT2D eigenvalue weighted by atomic mass is 10.2. The zero-order valence-corrected chi connectivity index (χ0v) is 12.4. The minimum Gasteiger partial charge on any atom is -0.496 e. The number of amides is 1. The third-order valence-corrected chi connectivity index (χ3v) is 2.96. The van der Waals surface area contributed by atoms with Crippen molar-refractivity contribution in [3.05, 3.63) is 35.7 Å². The molecule has 1 amide bonds. The average Bonchev–Trinajstić information content (AvgIpc) is 2.54. The van der Waals surface area contributed by atoms with E-state index in [4.69, 9.17) is 15.2 Å². The Hall–Kier alpha value is -3.36. The van der Waals surface area contributed by atoms with Gasteiger partial charge in [-0.3, -0.25) is 4.79 Å². The number of nitrogens with one attached hydrogen (secondary N) is 1. The molecule has 9 heteroatoms. The van der Waals surface area contributed by atoms with E-state index in [0.717, 1.165) is 0 Å². The van der Waals surface area contributed by atoms with E-state index in [9.17, 15) is 14.7 Å². The van der Waals surface area contributed by atoms with Crippen LogP contribution in [0.1, 0.15) is 20.7 Å². The molecule has 0 atom stereocenters. The molecule has 0 saturated carbocycles. The predicted molar refractivity (Wildman–Crippen MR) is 80.9 cm³/mol. The standard InChI is InChI=1S/C14H14N4O5/c1-22-9-3-4-16-12(15)11(9)13(19)18-8-6-17-10(23-2)5-7(8)14(20)21/h3-6H,1-2H3,(H2,15,16)(H,18,19)(H,20,21). The largest absolute Gasteiger partial charge is 0.496 e. The third-order valence-electron chi connectivity index (χ3n) is 2.96. The number of ether oxygens (including phenoxy) is 2. The van der Waals surface area contributed by atoms with Gasteiger partial charge in [0.15, 0.2) is 0 Å². The molecule has 0 saturated heterocycles. The lowest BCUT2D eigenvalue weighted by molar-refractivity contribution is 0.0697. The van der Waals surface area contributed by atoms with Crippen molar-refractivity contribution in [1.82, 2.24) is 9.97 Å². The van der Waals surface area contributed by atoms with Crippen molar-refractivity contribution >= 4 is 23.4 Å². The molecule has 2 rings (SSSR count). The summed E-state index contributed by atoms with van der Waals surface area (Å²) in [5.74, 6) is -1.62. The summed E-state index contributed by atoms with van der Waals surface area (Å²) in [5.41, 5.74) is 5.51. The number of hydrogen-bond acceptors (Lipinski definition) is 7. The molecule has 0 aromatic carbocycles. The van der Waals surface area contributed by atoms with Gasteiger partial charge in [0.25, 0.3) is 5.91 Å². The van der Waals surface area contributed by atoms with Gasteiger partial charge >= 0.3 is 5.97 Å². The number of carboxylic acid groups (broad SMARTS) is 1. The zero-order chi connectivity index (χ0) is 17.0. The number of nitrogen functional groups attached to an aromatic ring is 1. The van der Waals surface area contributed by atoms with E-state index in [2.05, 4.69) is 15.3 Å². The fourth-order valence-electron chi connectivity index (χ4n) is 1.87. The van der Waals surface area contributed by atoms with E-state index in [1.165, 1.54) is 38.7 Å². The van der Waals surface area contributed by atoms with Gasteiger partial charge in [-0.2, -0.15) is 0 Å². The van der Waals surface area contributed by atoms with Gasteiger partial charge in [-0.25, -0.2) is 14.8 Å². The van der Waals surface area contributed by atoms with Crippen molar-refractivity contribution in [2.45, 2.75) is 0 Å². The molecule has 0 aliphatic carbocycles. The number of carbonyl (C=O) groups is 2. The Labute approximate surface area is 131 Å². The normalized spacial score (nSPS) is 10.0. The van der Waals surface area contributed by atoms with Gasteiger partial charge < -0.3 is 25.6 Å². The maximum absolute atomic E-state index is 12.4. The number of pyridine rings is 2. The Morgan fingerprint density at radius 2 is 2.00 bits per heavy atom. The van der Waals surface area contributed by atoms with Crippen molar-refractivity contribution in [3.63, 3.8) is 0 Å². The highest BCUT2D eigenvalue weighted by Crippen LogP contribution is 2.25. The number of anilines is 2. The summed E-state index contributed by atoms with van der Waals surface area (Å²) in [7, 11) is 2.73. The molecule has 0 radical (unpaired) electrons. The van der Waals surface area contributed by atoms with Gasteiger partial charge in [0, 0.05) is 12.3 Å². The van der Waals surface area contributed by atoms with Crippen LogP contribution in [0, 0.1) is 0 Å². The maximum atomic E-state index is 12.4. The molecule has 9 nitrogen and oxygen atoms in total. The monoisotopic (exact) mass is 318 g/mol. The van der Waals surface area contributed by atoms with Crippen molar-refractivity contribution in [1.29, 1.82) is 0 Å². The minimum atomic E-state index is -1.24. The topological polar surface area (TPSA) is 137 Å². The molecule has 4 N–H and O–H groups in total. The lowest BCUT2D eigenvalue weighted by Crippen LogP contribution is -2.18. The van der Waals surface area contributed by atoms with Crippen molar-refractivity contribution in [3.8, 4) is 11.6 Å². The van der Waals surface area contributed by atoms with Gasteiger partial charge in [-0.05, 0) is 6.07 Å². The molecule has 2 aromatic rings. The molecule has 0 aliphatic heterocycles. The molecule has 0 spiro atoms. The summed E-state index contributed by atoms with van der Waals surface area (Å²) in [5, 5.41) is 11.7. The highest BCUT2D eigenvalue weighted by molar-refractivity contribution is 6.11. The number of nitrogens with two attached hydrogens (primary N) is 1. The second-order valence-corrected chi connectivity index (χ2v) is 4.30. The summed E-state index contributed by atoms with van der Waals surface area (Å²) >= 11 is 0. The number of hydrogen-bond donors (Lipinski definition) is 3. The van der Waals surface area contributed by atoms with Crippen LogP contribution in [-0.2, 0) is 0 Å². The summed E-state index contributed by atoms with van der Waals surface area (Å²) in [6.07, 6.45) is 2.57. The van der Waals surface area contributed by atoms with Crippen LogP contribution in [0.4, 0.5) is 11.5 Å². The first kappa shape index (κ1) is 16.0. The molecule has 2 aromatic heterocycles. The molecule has 0 bridgehead atoms.